The van der Waals surface area contributed by atoms with Gasteiger partial charge in [0.25, 0.3) is 0 Å². The lowest BCUT2D eigenvalue weighted by Gasteiger charge is -2.47. The summed E-state index contributed by atoms with van der Waals surface area (Å²) in [4.78, 5) is 11.6. The van der Waals surface area contributed by atoms with Gasteiger partial charge in [0, 0.05) is 0 Å². The summed E-state index contributed by atoms with van der Waals surface area (Å²) in [5.74, 6) is -1.57. The van der Waals surface area contributed by atoms with E-state index in [9.17, 15) is 35.4 Å². The van der Waals surface area contributed by atoms with Crippen LogP contribution in [0.25, 0.3) is 0 Å². The van der Waals surface area contributed by atoms with Crippen molar-refractivity contribution in [2.24, 2.45) is 0 Å². The number of aliphatic hydroxyl groups is 8. The molecule has 0 aliphatic heterocycles. The van der Waals surface area contributed by atoms with Crippen molar-refractivity contribution in [3.63, 3.8) is 0 Å². The molecule has 1 fully saturated rings. The Morgan fingerprint density at radius 1 is 1.00 bits per heavy atom. The third-order valence-electron chi connectivity index (χ3n) is 3.12. The normalized spacial score (nSPS) is 46.8. The molecule has 9 nitrogen and oxygen atoms in total. The maximum Gasteiger partial charge on any atom is 0.200 e. The van der Waals surface area contributed by atoms with E-state index in [1.165, 1.54) is 0 Å². The minimum absolute atomic E-state index is 1.09. The molecule has 0 bridgehead atoms. The Morgan fingerprint density at radius 2 is 1.39 bits per heavy atom. The van der Waals surface area contributed by atoms with Crippen molar-refractivity contribution in [1.82, 2.24) is 0 Å². The summed E-state index contributed by atoms with van der Waals surface area (Å²) in [7, 11) is 0. The number of hydrogen-bond acceptors (Lipinski definition) is 9. The van der Waals surface area contributed by atoms with E-state index in [1.54, 1.807) is 0 Å². The molecule has 8 N–H and O–H groups in total. The topological polar surface area (TPSA) is 179 Å². The number of carbonyl (C=O) groups is 1. The molecule has 3 unspecified atom stereocenters. The van der Waals surface area contributed by atoms with Gasteiger partial charge in [0.2, 0.25) is 5.78 Å². The summed E-state index contributed by atoms with van der Waals surface area (Å²) in [6.45, 7) is -1.09. The number of ketones is 1. The fraction of sp³-hybridized carbons (Fsp3) is 0.889. The van der Waals surface area contributed by atoms with Crippen LogP contribution < -0.4 is 0 Å². The highest BCUT2D eigenvalue weighted by molar-refractivity contribution is 5.92. The van der Waals surface area contributed by atoms with Crippen LogP contribution in [0.15, 0.2) is 0 Å². The highest BCUT2D eigenvalue weighted by atomic mass is 16.4. The average Bonchev–Trinajstić information content (AvgIpc) is 2.38. The SMILES string of the molecule is O=C(C(O)CO)C1(O)[C@H](O)[C@H](O)C(O)[C@H](O)[C@H]1O. The van der Waals surface area contributed by atoms with Crippen LogP contribution >= 0.6 is 0 Å². The van der Waals surface area contributed by atoms with Gasteiger partial charge >= 0.3 is 0 Å². The summed E-state index contributed by atoms with van der Waals surface area (Å²) in [5, 5.41) is 74.6. The molecular weight excluding hydrogens is 252 g/mol. The maximum absolute atomic E-state index is 11.6. The van der Waals surface area contributed by atoms with Crippen LogP contribution in [0.3, 0.4) is 0 Å². The number of aliphatic hydroxyl groups excluding tert-OH is 7. The monoisotopic (exact) mass is 268 g/mol. The molecule has 1 aliphatic rings. The molecule has 18 heavy (non-hydrogen) atoms. The molecule has 1 rings (SSSR count). The predicted octanol–water partition coefficient (Wildman–Crippen LogP) is -5.54. The first-order valence-electron chi connectivity index (χ1n) is 5.15. The third kappa shape index (κ3) is 2.04. The standard InChI is InChI=1S/C9H16O9/c10-1-2(11)6(15)9(18)7(16)4(13)3(12)5(14)8(9)17/h2-5,7-8,10-14,16-18H,1H2/t2?,3?,4-,5+,7-,8-,9?/m1/s1. The quantitative estimate of drug-likeness (QED) is 0.248. The molecule has 1 aliphatic carbocycles. The summed E-state index contributed by atoms with van der Waals surface area (Å²) >= 11 is 0. The first-order valence-corrected chi connectivity index (χ1v) is 5.15. The average molecular weight is 268 g/mol. The van der Waals surface area contributed by atoms with E-state index < -0.39 is 54.6 Å². The van der Waals surface area contributed by atoms with Crippen LogP contribution in [0.5, 0.6) is 0 Å². The number of carbonyl (C=O) groups excluding carboxylic acids is 1. The van der Waals surface area contributed by atoms with E-state index in [1.807, 2.05) is 0 Å². The van der Waals surface area contributed by atoms with E-state index >= 15 is 0 Å². The molecule has 9 heteroatoms. The molecule has 0 heterocycles. The highest BCUT2D eigenvalue weighted by Gasteiger charge is 2.62. The number of rotatable bonds is 3. The molecule has 1 saturated carbocycles. The largest absolute Gasteiger partial charge is 0.393 e. The fourth-order valence-electron chi connectivity index (χ4n) is 1.91. The van der Waals surface area contributed by atoms with Crippen molar-refractivity contribution in [3.05, 3.63) is 0 Å². The summed E-state index contributed by atoms with van der Waals surface area (Å²) < 4.78 is 0. The Kier molecular flexibility index (Phi) is 4.41. The van der Waals surface area contributed by atoms with Gasteiger partial charge in [-0.05, 0) is 0 Å². The second-order valence-corrected chi connectivity index (χ2v) is 4.25. The highest BCUT2D eigenvalue weighted by Crippen LogP contribution is 2.31. The van der Waals surface area contributed by atoms with Gasteiger partial charge in [-0.15, -0.1) is 0 Å². The van der Waals surface area contributed by atoms with E-state index in [0.29, 0.717) is 0 Å². The van der Waals surface area contributed by atoms with Crippen LogP contribution in [0.1, 0.15) is 0 Å². The Morgan fingerprint density at radius 3 is 1.72 bits per heavy atom. The molecular formula is C9H16O9. The smallest absolute Gasteiger partial charge is 0.200 e. The van der Waals surface area contributed by atoms with Crippen molar-refractivity contribution in [3.8, 4) is 0 Å². The Balaban J connectivity index is 3.14. The molecule has 7 atom stereocenters. The van der Waals surface area contributed by atoms with Crippen molar-refractivity contribution in [2.75, 3.05) is 6.61 Å². The number of Topliss-reactive ketones (excluding diaryl/α,β-unsaturated/α-hetero) is 1. The van der Waals surface area contributed by atoms with E-state index in [4.69, 9.17) is 10.2 Å². The zero-order valence-electron chi connectivity index (χ0n) is 9.16. The van der Waals surface area contributed by atoms with Gasteiger partial charge in [-0.1, -0.05) is 0 Å². The molecule has 0 aromatic carbocycles. The molecule has 0 spiro atoms. The van der Waals surface area contributed by atoms with E-state index in [0.717, 1.165) is 0 Å². The van der Waals surface area contributed by atoms with Gasteiger partial charge in [0.1, 0.15) is 36.6 Å². The second-order valence-electron chi connectivity index (χ2n) is 4.25. The minimum atomic E-state index is -3.10. The van der Waals surface area contributed by atoms with Gasteiger partial charge in [-0.3, -0.25) is 4.79 Å². The minimum Gasteiger partial charge on any atom is -0.393 e. The summed E-state index contributed by atoms with van der Waals surface area (Å²) in [6.07, 6.45) is -13.0. The lowest BCUT2D eigenvalue weighted by atomic mass is 9.71. The molecule has 106 valence electrons. The zero-order chi connectivity index (χ0) is 14.2. The van der Waals surface area contributed by atoms with Crippen LogP contribution in [0.4, 0.5) is 0 Å². The van der Waals surface area contributed by atoms with Gasteiger partial charge in [0.15, 0.2) is 5.60 Å². The van der Waals surface area contributed by atoms with Crippen LogP contribution in [0.2, 0.25) is 0 Å². The molecule has 0 aromatic heterocycles. The molecule has 0 aromatic rings. The third-order valence-corrected chi connectivity index (χ3v) is 3.12. The first-order chi connectivity index (χ1) is 8.19. The van der Waals surface area contributed by atoms with Gasteiger partial charge in [-0.2, -0.15) is 0 Å². The maximum atomic E-state index is 11.6. The molecule has 0 radical (unpaired) electrons. The van der Waals surface area contributed by atoms with Gasteiger partial charge in [0.05, 0.1) is 6.61 Å². The lowest BCUT2D eigenvalue weighted by molar-refractivity contribution is -0.262. The van der Waals surface area contributed by atoms with Crippen LogP contribution in [-0.2, 0) is 4.79 Å². The van der Waals surface area contributed by atoms with Crippen LogP contribution in [0, 0.1) is 0 Å². The van der Waals surface area contributed by atoms with E-state index in [-0.39, 0.29) is 0 Å². The Hall–Kier alpha value is -0.650. The molecule has 0 saturated heterocycles. The fourth-order valence-corrected chi connectivity index (χ4v) is 1.91. The Bertz CT molecular complexity index is 303. The number of hydrogen-bond donors (Lipinski definition) is 8. The zero-order valence-corrected chi connectivity index (χ0v) is 9.16. The summed E-state index contributed by atoms with van der Waals surface area (Å²) in [6, 6.07) is 0. The molecule has 0 amide bonds. The predicted molar refractivity (Wildman–Crippen MR) is 53.1 cm³/mol. The van der Waals surface area contributed by atoms with Crippen molar-refractivity contribution >= 4 is 5.78 Å². The van der Waals surface area contributed by atoms with Crippen molar-refractivity contribution in [1.29, 1.82) is 0 Å². The Labute approximate surface area is 101 Å². The summed E-state index contributed by atoms with van der Waals surface area (Å²) in [5.41, 5.74) is -3.10. The van der Waals surface area contributed by atoms with Crippen molar-refractivity contribution in [2.45, 2.75) is 42.2 Å². The van der Waals surface area contributed by atoms with Crippen LogP contribution in [-0.4, -0.2) is 95.5 Å². The first kappa shape index (κ1) is 15.4. The van der Waals surface area contributed by atoms with Gasteiger partial charge < -0.3 is 40.9 Å². The second kappa shape index (κ2) is 5.15. The van der Waals surface area contributed by atoms with Crippen molar-refractivity contribution < 1.29 is 45.6 Å². The lowest BCUT2D eigenvalue weighted by Crippen LogP contribution is -2.75. The van der Waals surface area contributed by atoms with E-state index in [2.05, 4.69) is 0 Å². The van der Waals surface area contributed by atoms with Gasteiger partial charge in [-0.25, -0.2) is 0 Å².